The Morgan fingerprint density at radius 2 is 2.15 bits per heavy atom. The number of aromatic nitrogens is 3. The summed E-state index contributed by atoms with van der Waals surface area (Å²) in [6.07, 6.45) is 0.704. The molecule has 0 fully saturated rings. The van der Waals surface area contributed by atoms with Gasteiger partial charge in [0.25, 0.3) is 6.43 Å². The maximum atomic E-state index is 12.2. The van der Waals surface area contributed by atoms with Gasteiger partial charge in [0.05, 0.1) is 6.54 Å². The van der Waals surface area contributed by atoms with Crippen molar-refractivity contribution in [1.82, 2.24) is 20.1 Å². The molecule has 0 saturated carbocycles. The maximum absolute atomic E-state index is 12.2. The lowest BCUT2D eigenvalue weighted by Gasteiger charge is -2.20. The summed E-state index contributed by atoms with van der Waals surface area (Å²) in [7, 11) is 0. The third-order valence-corrected chi connectivity index (χ3v) is 3.48. The summed E-state index contributed by atoms with van der Waals surface area (Å²) < 4.78 is 26.3. The summed E-state index contributed by atoms with van der Waals surface area (Å²) >= 11 is 0. The number of fused-ring (bicyclic) bond motifs is 1. The first kappa shape index (κ1) is 14.9. The van der Waals surface area contributed by atoms with E-state index in [1.807, 2.05) is 18.4 Å². The van der Waals surface area contributed by atoms with Crippen LogP contribution in [0.15, 0.2) is 0 Å². The summed E-state index contributed by atoms with van der Waals surface area (Å²) in [6, 6.07) is -0.473. The molecule has 2 heterocycles. The molecule has 0 aliphatic carbocycles. The van der Waals surface area contributed by atoms with Gasteiger partial charge in [0.1, 0.15) is 17.7 Å². The third-order valence-electron chi connectivity index (χ3n) is 3.48. The molecule has 1 atom stereocenters. The van der Waals surface area contributed by atoms with E-state index in [9.17, 15) is 13.6 Å². The summed E-state index contributed by atoms with van der Waals surface area (Å²) in [5, 5.41) is 10.6. The molecule has 20 heavy (non-hydrogen) atoms. The van der Waals surface area contributed by atoms with Crippen LogP contribution in [0.5, 0.6) is 0 Å². The highest BCUT2D eigenvalue weighted by Gasteiger charge is 2.29. The number of rotatable bonds is 4. The van der Waals surface area contributed by atoms with Crippen LogP contribution in [-0.2, 0) is 11.2 Å². The van der Waals surface area contributed by atoms with Crippen LogP contribution in [-0.4, -0.2) is 33.6 Å². The lowest BCUT2D eigenvalue weighted by molar-refractivity contribution is -0.125. The van der Waals surface area contributed by atoms with E-state index < -0.39 is 19.0 Å². The second-order valence-electron chi connectivity index (χ2n) is 5.40. The van der Waals surface area contributed by atoms with Crippen LogP contribution in [0.3, 0.4) is 0 Å². The average molecular weight is 286 g/mol. The van der Waals surface area contributed by atoms with Crippen molar-refractivity contribution >= 4 is 5.91 Å². The minimum absolute atomic E-state index is 0.139. The fraction of sp³-hybridized carbons (Fsp3) is 0.769. The van der Waals surface area contributed by atoms with Gasteiger partial charge in [-0.05, 0) is 12.8 Å². The zero-order valence-corrected chi connectivity index (χ0v) is 11.8. The summed E-state index contributed by atoms with van der Waals surface area (Å²) in [6.45, 7) is 3.36. The van der Waals surface area contributed by atoms with Gasteiger partial charge in [-0.15, -0.1) is 10.2 Å². The van der Waals surface area contributed by atoms with Gasteiger partial charge in [-0.2, -0.15) is 0 Å². The first-order chi connectivity index (χ1) is 9.50. The molecule has 1 N–H and O–H groups in total. The average Bonchev–Trinajstić information content (AvgIpc) is 2.69. The van der Waals surface area contributed by atoms with Gasteiger partial charge in [0.15, 0.2) is 0 Å². The number of hydrogen-bond donors (Lipinski definition) is 1. The van der Waals surface area contributed by atoms with Gasteiger partial charge in [-0.1, -0.05) is 20.3 Å². The quantitative estimate of drug-likeness (QED) is 0.921. The molecule has 1 aromatic rings. The maximum Gasteiger partial charge on any atom is 0.255 e. The molecular weight excluding hydrogens is 266 g/mol. The van der Waals surface area contributed by atoms with E-state index in [-0.39, 0.29) is 11.8 Å². The van der Waals surface area contributed by atoms with E-state index in [2.05, 4.69) is 15.5 Å². The van der Waals surface area contributed by atoms with Crippen LogP contribution in [0.2, 0.25) is 0 Å². The Bertz CT molecular complexity index is 473. The highest BCUT2D eigenvalue weighted by Crippen LogP contribution is 2.27. The monoisotopic (exact) mass is 286 g/mol. The van der Waals surface area contributed by atoms with Crippen LogP contribution in [0, 0.1) is 0 Å². The summed E-state index contributed by atoms with van der Waals surface area (Å²) in [5.41, 5.74) is 0. The van der Waals surface area contributed by atoms with E-state index in [0.29, 0.717) is 6.42 Å². The molecule has 0 bridgehead atoms. The lowest BCUT2D eigenvalue weighted by atomic mass is 10.1. The van der Waals surface area contributed by atoms with E-state index in [0.717, 1.165) is 30.9 Å². The largest absolute Gasteiger partial charge is 0.349 e. The molecular formula is C13H20F2N4O. The first-order valence-corrected chi connectivity index (χ1v) is 7.00. The molecule has 1 amide bonds. The van der Waals surface area contributed by atoms with E-state index in [1.54, 1.807) is 0 Å². The van der Waals surface area contributed by atoms with Crippen LogP contribution < -0.4 is 5.32 Å². The Morgan fingerprint density at radius 1 is 1.40 bits per heavy atom. The Hall–Kier alpha value is -1.53. The SMILES string of the molecule is CC(C)c1nnc2n1C(C(=O)NCC(F)F)CCCC2. The Kier molecular flexibility index (Phi) is 4.67. The second-order valence-corrected chi connectivity index (χ2v) is 5.40. The highest BCUT2D eigenvalue weighted by molar-refractivity contribution is 5.80. The van der Waals surface area contributed by atoms with Crippen LogP contribution in [0.1, 0.15) is 56.7 Å². The fourth-order valence-electron chi connectivity index (χ4n) is 2.53. The van der Waals surface area contributed by atoms with E-state index in [4.69, 9.17) is 0 Å². The first-order valence-electron chi connectivity index (χ1n) is 7.00. The molecule has 5 nitrogen and oxygen atoms in total. The Morgan fingerprint density at radius 3 is 2.80 bits per heavy atom. The number of nitrogens with zero attached hydrogens (tertiary/aromatic N) is 3. The lowest BCUT2D eigenvalue weighted by Crippen LogP contribution is -2.36. The van der Waals surface area contributed by atoms with Crippen molar-refractivity contribution in [3.8, 4) is 0 Å². The Labute approximate surface area is 116 Å². The van der Waals surface area contributed by atoms with Crippen molar-refractivity contribution in [2.75, 3.05) is 6.54 Å². The van der Waals surface area contributed by atoms with Crippen LogP contribution in [0.4, 0.5) is 8.78 Å². The summed E-state index contributed by atoms with van der Waals surface area (Å²) in [4.78, 5) is 12.2. The molecule has 1 aromatic heterocycles. The molecule has 7 heteroatoms. The second kappa shape index (κ2) is 6.28. The predicted octanol–water partition coefficient (Wildman–Crippen LogP) is 2.05. The van der Waals surface area contributed by atoms with Crippen LogP contribution in [0.25, 0.3) is 0 Å². The number of halogens is 2. The van der Waals surface area contributed by atoms with Crippen molar-refractivity contribution in [2.45, 2.75) is 57.9 Å². The van der Waals surface area contributed by atoms with Crippen molar-refractivity contribution < 1.29 is 13.6 Å². The number of carbonyl (C=O) groups is 1. The van der Waals surface area contributed by atoms with Crippen molar-refractivity contribution in [3.05, 3.63) is 11.6 Å². The van der Waals surface area contributed by atoms with Crippen molar-refractivity contribution in [1.29, 1.82) is 0 Å². The number of hydrogen-bond acceptors (Lipinski definition) is 3. The van der Waals surface area contributed by atoms with Gasteiger partial charge in [-0.25, -0.2) is 8.78 Å². The number of carbonyl (C=O) groups excluding carboxylic acids is 1. The molecule has 0 aromatic carbocycles. The fourth-order valence-corrected chi connectivity index (χ4v) is 2.53. The number of amides is 1. The minimum Gasteiger partial charge on any atom is -0.349 e. The molecule has 0 saturated heterocycles. The number of alkyl halides is 2. The van der Waals surface area contributed by atoms with E-state index >= 15 is 0 Å². The zero-order valence-electron chi connectivity index (χ0n) is 11.8. The van der Waals surface area contributed by atoms with Crippen LogP contribution >= 0.6 is 0 Å². The van der Waals surface area contributed by atoms with Gasteiger partial charge in [-0.3, -0.25) is 4.79 Å². The molecule has 0 radical (unpaired) electrons. The normalized spacial score (nSPS) is 19.0. The molecule has 1 aliphatic heterocycles. The standard InChI is InChI=1S/C13H20F2N4O/c1-8(2)12-18-17-11-6-4-3-5-9(19(11)12)13(20)16-7-10(14)15/h8-10H,3-7H2,1-2H3,(H,16,20). The Balaban J connectivity index is 2.25. The molecule has 112 valence electrons. The van der Waals surface area contributed by atoms with Gasteiger partial charge < -0.3 is 9.88 Å². The highest BCUT2D eigenvalue weighted by atomic mass is 19.3. The smallest absolute Gasteiger partial charge is 0.255 e. The predicted molar refractivity (Wildman–Crippen MR) is 69.7 cm³/mol. The topological polar surface area (TPSA) is 59.8 Å². The van der Waals surface area contributed by atoms with Gasteiger partial charge >= 0.3 is 0 Å². The number of aryl methyl sites for hydroxylation is 1. The molecule has 2 rings (SSSR count). The van der Waals surface area contributed by atoms with Crippen molar-refractivity contribution in [3.63, 3.8) is 0 Å². The molecule has 0 spiro atoms. The van der Waals surface area contributed by atoms with Gasteiger partial charge in [0.2, 0.25) is 5.91 Å². The molecule has 1 aliphatic rings. The van der Waals surface area contributed by atoms with Gasteiger partial charge in [0, 0.05) is 12.3 Å². The molecule has 1 unspecified atom stereocenters. The number of nitrogens with one attached hydrogen (secondary N) is 1. The van der Waals surface area contributed by atoms with E-state index in [1.165, 1.54) is 0 Å². The zero-order chi connectivity index (χ0) is 14.7. The van der Waals surface area contributed by atoms with Crippen molar-refractivity contribution in [2.24, 2.45) is 0 Å². The summed E-state index contributed by atoms with van der Waals surface area (Å²) in [5.74, 6) is 1.30. The minimum atomic E-state index is -2.53. The third kappa shape index (κ3) is 3.13.